The first-order valence-electron chi connectivity index (χ1n) is 11.0. The molecule has 1 amide bonds. The molecule has 0 spiro atoms. The molecule has 0 saturated carbocycles. The third-order valence-electron chi connectivity index (χ3n) is 6.18. The van der Waals surface area contributed by atoms with Crippen molar-refractivity contribution in [1.82, 2.24) is 25.2 Å². The summed E-state index contributed by atoms with van der Waals surface area (Å²) in [6.07, 6.45) is 6.89. The van der Waals surface area contributed by atoms with Crippen molar-refractivity contribution >= 4 is 17.2 Å². The van der Waals surface area contributed by atoms with E-state index in [-0.39, 0.29) is 5.69 Å². The molecule has 2 aromatic heterocycles. The molecule has 2 aromatic rings. The number of amides is 1. The molecule has 1 aliphatic heterocycles. The first-order valence-corrected chi connectivity index (χ1v) is 11.0. The number of pyridine rings is 1. The number of aromatic nitrogens is 3. The Morgan fingerprint density at radius 3 is 2.69 bits per heavy atom. The molecule has 3 heterocycles. The van der Waals surface area contributed by atoms with E-state index in [9.17, 15) is 9.18 Å². The highest BCUT2D eigenvalue weighted by atomic mass is 19.1. The molecule has 1 N–H and O–H groups in total. The number of carbonyl (C=O) groups excluding carboxylic acids is 1. The maximum Gasteiger partial charge on any atom is 0.269 e. The van der Waals surface area contributed by atoms with Crippen molar-refractivity contribution in [2.45, 2.75) is 32.2 Å². The molecule has 1 aliphatic carbocycles. The first kappa shape index (κ1) is 22.1. The highest BCUT2D eigenvalue weighted by Crippen LogP contribution is 2.31. The molecule has 32 heavy (non-hydrogen) atoms. The lowest BCUT2D eigenvalue weighted by molar-refractivity contribution is 0.0957. The van der Waals surface area contributed by atoms with Crippen molar-refractivity contribution in [2.75, 3.05) is 45.2 Å². The minimum Gasteiger partial charge on any atom is -0.480 e. The van der Waals surface area contributed by atoms with Gasteiger partial charge >= 0.3 is 0 Å². The first-order chi connectivity index (χ1) is 15.5. The van der Waals surface area contributed by atoms with E-state index in [1.54, 1.807) is 19.2 Å². The number of piperazine rings is 1. The lowest BCUT2D eigenvalue weighted by Crippen LogP contribution is -2.49. The van der Waals surface area contributed by atoms with E-state index in [4.69, 9.17) is 4.74 Å². The monoisotopic (exact) mass is 440 g/mol. The minimum atomic E-state index is -0.606. The van der Waals surface area contributed by atoms with E-state index in [2.05, 4.69) is 31.2 Å². The molecule has 0 bridgehead atoms. The van der Waals surface area contributed by atoms with Crippen LogP contribution in [0, 0.1) is 5.95 Å². The summed E-state index contributed by atoms with van der Waals surface area (Å²) in [6, 6.07) is 3.54. The number of rotatable bonds is 6. The van der Waals surface area contributed by atoms with Crippen LogP contribution in [0.15, 0.2) is 24.4 Å². The summed E-state index contributed by atoms with van der Waals surface area (Å²) in [4.78, 5) is 29.1. The molecule has 1 saturated heterocycles. The number of nitrogens with zero attached hydrogens (tertiary/aromatic N) is 5. The minimum absolute atomic E-state index is 0.0858. The Kier molecular flexibility index (Phi) is 6.64. The fourth-order valence-corrected chi connectivity index (χ4v) is 4.37. The third-order valence-corrected chi connectivity index (χ3v) is 6.18. The third kappa shape index (κ3) is 4.43. The number of anilines is 1. The average Bonchev–Trinajstić information content (AvgIpc) is 3.33. The predicted octanol–water partition coefficient (Wildman–Crippen LogP) is 2.31. The molecule has 0 radical (unpaired) electrons. The van der Waals surface area contributed by atoms with E-state index in [0.29, 0.717) is 30.7 Å². The summed E-state index contributed by atoms with van der Waals surface area (Å²) in [6.45, 7) is 5.10. The smallest absolute Gasteiger partial charge is 0.269 e. The van der Waals surface area contributed by atoms with Crippen LogP contribution in [-0.4, -0.2) is 72.1 Å². The predicted molar refractivity (Wildman–Crippen MR) is 120 cm³/mol. The summed E-state index contributed by atoms with van der Waals surface area (Å²) in [5, 5.41) is 2.46. The van der Waals surface area contributed by atoms with Crippen molar-refractivity contribution in [2.24, 2.45) is 0 Å². The lowest BCUT2D eigenvalue weighted by Gasteiger charge is -2.38. The normalized spacial score (nSPS) is 19.1. The van der Waals surface area contributed by atoms with Crippen LogP contribution < -0.4 is 15.0 Å². The molecule has 8 nitrogen and oxygen atoms in total. The lowest BCUT2D eigenvalue weighted by atomic mass is 10.1. The Morgan fingerprint density at radius 1 is 1.25 bits per heavy atom. The molecule has 170 valence electrons. The zero-order chi connectivity index (χ0) is 22.7. The van der Waals surface area contributed by atoms with Crippen LogP contribution in [0.4, 0.5) is 10.1 Å². The number of nitrogens with one attached hydrogen (secondary N) is 1. The second-order valence-electron chi connectivity index (χ2n) is 7.97. The molecular formula is C23H29FN6O2. The Bertz CT molecular complexity index is 1020. The van der Waals surface area contributed by atoms with Gasteiger partial charge in [0, 0.05) is 39.3 Å². The number of carbonyl (C=O) groups is 1. The fraction of sp³-hybridized carbons (Fsp3) is 0.478. The van der Waals surface area contributed by atoms with Gasteiger partial charge in [0.15, 0.2) is 0 Å². The van der Waals surface area contributed by atoms with Gasteiger partial charge in [-0.15, -0.1) is 0 Å². The van der Waals surface area contributed by atoms with Crippen LogP contribution in [0.25, 0.3) is 5.57 Å². The number of halogens is 1. The Morgan fingerprint density at radius 2 is 2.03 bits per heavy atom. The van der Waals surface area contributed by atoms with E-state index >= 15 is 0 Å². The number of allylic oxidation sites excluding steroid dienone is 1. The second-order valence-corrected chi connectivity index (χ2v) is 7.97. The van der Waals surface area contributed by atoms with Gasteiger partial charge in [0.2, 0.25) is 11.8 Å². The van der Waals surface area contributed by atoms with Crippen LogP contribution in [0.1, 0.15) is 41.6 Å². The van der Waals surface area contributed by atoms with Gasteiger partial charge in [0.05, 0.1) is 24.7 Å². The fourth-order valence-electron chi connectivity index (χ4n) is 4.37. The molecule has 2 aliphatic rings. The van der Waals surface area contributed by atoms with Crippen LogP contribution >= 0.6 is 0 Å². The number of aryl methyl sites for hydroxylation is 1. The standard InChI is InChI=1S/C23H29FN6O2/c1-4-17-23(32-3)28-19(14-26-17)15-5-6-16(13-15)29-9-11-30(12-10-29)20-8-7-18(22(31)25-2)27-21(20)24/h7-8,13-14,16H,4-6,9-12H2,1-3H3,(H,25,31). The topological polar surface area (TPSA) is 83.5 Å². The van der Waals surface area contributed by atoms with Crippen LogP contribution in [0.2, 0.25) is 0 Å². The van der Waals surface area contributed by atoms with Gasteiger partial charge in [-0.1, -0.05) is 13.0 Å². The Balaban J connectivity index is 1.40. The van der Waals surface area contributed by atoms with Crippen molar-refractivity contribution in [3.05, 3.63) is 47.4 Å². The summed E-state index contributed by atoms with van der Waals surface area (Å²) in [5.41, 5.74) is 3.48. The summed E-state index contributed by atoms with van der Waals surface area (Å²) < 4.78 is 19.9. The van der Waals surface area contributed by atoms with Crippen LogP contribution in [0.5, 0.6) is 5.88 Å². The molecule has 1 atom stereocenters. The van der Waals surface area contributed by atoms with Crippen LogP contribution in [-0.2, 0) is 6.42 Å². The van der Waals surface area contributed by atoms with Gasteiger partial charge in [-0.3, -0.25) is 14.7 Å². The molecule has 0 aromatic carbocycles. The average molecular weight is 441 g/mol. The zero-order valence-corrected chi connectivity index (χ0v) is 18.8. The van der Waals surface area contributed by atoms with Gasteiger partial charge in [-0.2, -0.15) is 4.39 Å². The molecule has 1 fully saturated rings. The Hall–Kier alpha value is -3.07. The number of ether oxygens (including phenoxy) is 1. The molecule has 9 heteroatoms. The highest BCUT2D eigenvalue weighted by Gasteiger charge is 2.28. The zero-order valence-electron chi connectivity index (χ0n) is 18.8. The van der Waals surface area contributed by atoms with E-state index in [1.165, 1.54) is 12.6 Å². The molecular weight excluding hydrogens is 411 g/mol. The number of hydrogen-bond donors (Lipinski definition) is 1. The van der Waals surface area contributed by atoms with Gasteiger partial charge in [-0.25, -0.2) is 9.97 Å². The highest BCUT2D eigenvalue weighted by molar-refractivity contribution is 5.92. The summed E-state index contributed by atoms with van der Waals surface area (Å²) >= 11 is 0. The van der Waals surface area contributed by atoms with Gasteiger partial charge in [-0.05, 0) is 37.0 Å². The van der Waals surface area contributed by atoms with Gasteiger partial charge < -0.3 is 15.0 Å². The number of methoxy groups -OCH3 is 1. The van der Waals surface area contributed by atoms with E-state index in [0.717, 1.165) is 43.7 Å². The van der Waals surface area contributed by atoms with Gasteiger partial charge in [0.25, 0.3) is 5.91 Å². The summed E-state index contributed by atoms with van der Waals surface area (Å²) in [7, 11) is 3.13. The maximum atomic E-state index is 14.5. The Labute approximate surface area is 187 Å². The number of hydrogen-bond acceptors (Lipinski definition) is 7. The summed E-state index contributed by atoms with van der Waals surface area (Å²) in [5.74, 6) is -0.401. The molecule has 4 rings (SSSR count). The SMILES string of the molecule is CCc1ncc(C2=CC(N3CCN(c4ccc(C(=O)NC)nc4F)CC3)CC2)nc1OC. The van der Waals surface area contributed by atoms with Crippen molar-refractivity contribution in [3.8, 4) is 5.88 Å². The molecule has 1 unspecified atom stereocenters. The van der Waals surface area contributed by atoms with Gasteiger partial charge in [0.1, 0.15) is 11.4 Å². The van der Waals surface area contributed by atoms with E-state index < -0.39 is 11.9 Å². The van der Waals surface area contributed by atoms with Crippen molar-refractivity contribution in [1.29, 1.82) is 0 Å². The van der Waals surface area contributed by atoms with Crippen LogP contribution in [0.3, 0.4) is 0 Å². The van der Waals surface area contributed by atoms with E-state index in [1.807, 2.05) is 18.0 Å². The van der Waals surface area contributed by atoms with Crippen molar-refractivity contribution < 1.29 is 13.9 Å². The second kappa shape index (κ2) is 9.60. The largest absolute Gasteiger partial charge is 0.480 e. The quantitative estimate of drug-likeness (QED) is 0.690. The van der Waals surface area contributed by atoms with Crippen molar-refractivity contribution in [3.63, 3.8) is 0 Å². The maximum absolute atomic E-state index is 14.5.